The molecule has 0 aliphatic heterocycles. The standard InChI is InChI=1S/C12H13NO2/c1-3-9-13(2)12(14)10-15-11-7-5-4-6-8-11/h1,4-8H,9-10H2,2H3. The Kier molecular flexibility index (Phi) is 4.24. The van der Waals surface area contributed by atoms with Gasteiger partial charge in [-0.15, -0.1) is 6.42 Å². The number of terminal acetylenes is 1. The van der Waals surface area contributed by atoms with Gasteiger partial charge < -0.3 is 9.64 Å². The number of nitrogens with zero attached hydrogens (tertiary/aromatic N) is 1. The molecule has 0 bridgehead atoms. The molecule has 0 heterocycles. The largest absolute Gasteiger partial charge is 0.484 e. The van der Waals surface area contributed by atoms with Gasteiger partial charge in [0, 0.05) is 7.05 Å². The number of amides is 1. The third-order valence-corrected chi connectivity index (χ3v) is 1.86. The first-order chi connectivity index (χ1) is 7.24. The van der Waals surface area contributed by atoms with Crippen molar-refractivity contribution < 1.29 is 9.53 Å². The molecular weight excluding hydrogens is 190 g/mol. The van der Waals surface area contributed by atoms with Crippen LogP contribution < -0.4 is 4.74 Å². The zero-order valence-electron chi connectivity index (χ0n) is 8.64. The number of hydrogen-bond acceptors (Lipinski definition) is 2. The summed E-state index contributed by atoms with van der Waals surface area (Å²) in [5, 5.41) is 0. The Morgan fingerprint density at radius 1 is 1.47 bits per heavy atom. The van der Waals surface area contributed by atoms with E-state index in [1.54, 1.807) is 19.2 Å². The van der Waals surface area contributed by atoms with E-state index in [-0.39, 0.29) is 12.5 Å². The summed E-state index contributed by atoms with van der Waals surface area (Å²) >= 11 is 0. The summed E-state index contributed by atoms with van der Waals surface area (Å²) in [6.07, 6.45) is 5.09. The van der Waals surface area contributed by atoms with Crippen LogP contribution in [-0.4, -0.2) is 31.0 Å². The van der Waals surface area contributed by atoms with Gasteiger partial charge in [-0.1, -0.05) is 24.1 Å². The lowest BCUT2D eigenvalue weighted by atomic mass is 10.3. The van der Waals surface area contributed by atoms with Crippen LogP contribution in [0.25, 0.3) is 0 Å². The average molecular weight is 203 g/mol. The number of rotatable bonds is 4. The molecule has 0 fully saturated rings. The summed E-state index contributed by atoms with van der Waals surface area (Å²) in [6, 6.07) is 9.19. The maximum atomic E-state index is 11.4. The number of carbonyl (C=O) groups is 1. The minimum absolute atomic E-state index is 0.0161. The van der Waals surface area contributed by atoms with E-state index < -0.39 is 0 Å². The molecule has 0 N–H and O–H groups in total. The lowest BCUT2D eigenvalue weighted by Crippen LogP contribution is -2.31. The highest BCUT2D eigenvalue weighted by atomic mass is 16.5. The number of carbonyl (C=O) groups excluding carboxylic acids is 1. The summed E-state index contributed by atoms with van der Waals surface area (Å²) < 4.78 is 5.28. The molecule has 3 nitrogen and oxygen atoms in total. The van der Waals surface area contributed by atoms with Crippen molar-refractivity contribution in [1.29, 1.82) is 0 Å². The first kappa shape index (κ1) is 11.1. The Hall–Kier alpha value is -1.95. The number of para-hydroxylation sites is 1. The molecule has 0 spiro atoms. The van der Waals surface area contributed by atoms with Crippen LogP contribution in [0.5, 0.6) is 5.75 Å². The van der Waals surface area contributed by atoms with E-state index in [1.807, 2.05) is 18.2 Å². The second kappa shape index (κ2) is 5.71. The normalized spacial score (nSPS) is 9.07. The Balaban J connectivity index is 2.38. The van der Waals surface area contributed by atoms with Gasteiger partial charge in [0.25, 0.3) is 5.91 Å². The van der Waals surface area contributed by atoms with E-state index in [4.69, 9.17) is 11.2 Å². The smallest absolute Gasteiger partial charge is 0.261 e. The lowest BCUT2D eigenvalue weighted by Gasteiger charge is -2.14. The fourth-order valence-corrected chi connectivity index (χ4v) is 0.997. The summed E-state index contributed by atoms with van der Waals surface area (Å²) in [7, 11) is 1.65. The van der Waals surface area contributed by atoms with Gasteiger partial charge >= 0.3 is 0 Å². The lowest BCUT2D eigenvalue weighted by molar-refractivity contribution is -0.131. The fraction of sp³-hybridized carbons (Fsp3) is 0.250. The number of benzene rings is 1. The SMILES string of the molecule is C#CCN(C)C(=O)COc1ccccc1. The second-order valence-electron chi connectivity index (χ2n) is 3.06. The van der Waals surface area contributed by atoms with Crippen LogP contribution in [0.3, 0.4) is 0 Å². The highest BCUT2D eigenvalue weighted by Crippen LogP contribution is 2.07. The average Bonchev–Trinajstić information content (AvgIpc) is 2.27. The minimum Gasteiger partial charge on any atom is -0.484 e. The molecule has 1 aromatic rings. The molecule has 1 rings (SSSR count). The topological polar surface area (TPSA) is 29.5 Å². The molecule has 0 aliphatic carbocycles. The summed E-state index contributed by atoms with van der Waals surface area (Å²) in [5.74, 6) is 2.95. The highest BCUT2D eigenvalue weighted by Gasteiger charge is 2.07. The molecule has 0 radical (unpaired) electrons. The summed E-state index contributed by atoms with van der Waals surface area (Å²) in [6.45, 7) is 0.319. The zero-order chi connectivity index (χ0) is 11.1. The molecule has 1 amide bonds. The van der Waals surface area contributed by atoms with Gasteiger partial charge in [0.05, 0.1) is 6.54 Å². The molecule has 15 heavy (non-hydrogen) atoms. The molecule has 0 unspecified atom stereocenters. The van der Waals surface area contributed by atoms with Gasteiger partial charge in [-0.2, -0.15) is 0 Å². The highest BCUT2D eigenvalue weighted by molar-refractivity contribution is 5.77. The minimum atomic E-state index is -0.128. The number of hydrogen-bond donors (Lipinski definition) is 0. The van der Waals surface area contributed by atoms with Crippen molar-refractivity contribution in [2.45, 2.75) is 0 Å². The van der Waals surface area contributed by atoms with E-state index >= 15 is 0 Å². The second-order valence-corrected chi connectivity index (χ2v) is 3.06. The molecule has 1 aromatic carbocycles. The summed E-state index contributed by atoms with van der Waals surface area (Å²) in [5.41, 5.74) is 0. The predicted octanol–water partition coefficient (Wildman–Crippen LogP) is 1.16. The van der Waals surface area contributed by atoms with Gasteiger partial charge in [0.1, 0.15) is 5.75 Å². The molecule has 78 valence electrons. The zero-order valence-corrected chi connectivity index (χ0v) is 8.64. The molecule has 0 aliphatic rings. The summed E-state index contributed by atoms with van der Waals surface area (Å²) in [4.78, 5) is 12.9. The van der Waals surface area contributed by atoms with E-state index in [1.165, 1.54) is 4.90 Å². The van der Waals surface area contributed by atoms with Crippen molar-refractivity contribution in [3.05, 3.63) is 30.3 Å². The van der Waals surface area contributed by atoms with Crippen LogP contribution in [0.4, 0.5) is 0 Å². The van der Waals surface area contributed by atoms with Crippen molar-refractivity contribution in [2.75, 3.05) is 20.2 Å². The van der Waals surface area contributed by atoms with Crippen molar-refractivity contribution in [3.63, 3.8) is 0 Å². The number of ether oxygens (including phenoxy) is 1. The monoisotopic (exact) mass is 203 g/mol. The van der Waals surface area contributed by atoms with E-state index in [9.17, 15) is 4.79 Å². The molecule has 0 saturated heterocycles. The van der Waals surface area contributed by atoms with Gasteiger partial charge in [0.15, 0.2) is 6.61 Å². The predicted molar refractivity (Wildman–Crippen MR) is 58.4 cm³/mol. The van der Waals surface area contributed by atoms with Gasteiger partial charge in [-0.05, 0) is 12.1 Å². The van der Waals surface area contributed by atoms with Gasteiger partial charge in [-0.3, -0.25) is 4.79 Å². The maximum absolute atomic E-state index is 11.4. The van der Waals surface area contributed by atoms with Crippen molar-refractivity contribution in [1.82, 2.24) is 4.90 Å². The van der Waals surface area contributed by atoms with E-state index in [2.05, 4.69) is 5.92 Å². The molecule has 0 saturated carbocycles. The van der Waals surface area contributed by atoms with Crippen LogP contribution in [0.15, 0.2) is 30.3 Å². The third kappa shape index (κ3) is 3.74. The van der Waals surface area contributed by atoms with Crippen LogP contribution in [0.1, 0.15) is 0 Å². The molecule has 3 heteroatoms. The van der Waals surface area contributed by atoms with E-state index in [0.717, 1.165) is 0 Å². The Morgan fingerprint density at radius 2 is 2.13 bits per heavy atom. The van der Waals surface area contributed by atoms with Crippen LogP contribution in [0, 0.1) is 12.3 Å². The van der Waals surface area contributed by atoms with E-state index in [0.29, 0.717) is 12.3 Å². The molecule has 0 atom stereocenters. The fourth-order valence-electron chi connectivity index (χ4n) is 0.997. The maximum Gasteiger partial charge on any atom is 0.261 e. The van der Waals surface area contributed by atoms with Gasteiger partial charge in [-0.25, -0.2) is 0 Å². The van der Waals surface area contributed by atoms with Gasteiger partial charge in [0.2, 0.25) is 0 Å². The first-order valence-corrected chi connectivity index (χ1v) is 4.59. The van der Waals surface area contributed by atoms with Crippen LogP contribution in [0.2, 0.25) is 0 Å². The molecular formula is C12H13NO2. The first-order valence-electron chi connectivity index (χ1n) is 4.59. The van der Waals surface area contributed by atoms with Crippen LogP contribution in [-0.2, 0) is 4.79 Å². The van der Waals surface area contributed by atoms with Crippen molar-refractivity contribution in [3.8, 4) is 18.1 Å². The Bertz CT molecular complexity index is 354. The molecule has 0 aromatic heterocycles. The quantitative estimate of drug-likeness (QED) is 0.687. The Morgan fingerprint density at radius 3 is 2.73 bits per heavy atom. The third-order valence-electron chi connectivity index (χ3n) is 1.86. The van der Waals surface area contributed by atoms with Crippen LogP contribution >= 0.6 is 0 Å². The van der Waals surface area contributed by atoms with Crippen molar-refractivity contribution >= 4 is 5.91 Å². The number of likely N-dealkylation sites (N-methyl/N-ethyl adjacent to an activating group) is 1. The van der Waals surface area contributed by atoms with Crippen molar-refractivity contribution in [2.24, 2.45) is 0 Å². The Labute approximate surface area is 89.7 Å².